The van der Waals surface area contributed by atoms with E-state index in [-0.39, 0.29) is 5.82 Å². The summed E-state index contributed by atoms with van der Waals surface area (Å²) < 4.78 is 7.47. The summed E-state index contributed by atoms with van der Waals surface area (Å²) in [5.74, 6) is 1.30. The van der Waals surface area contributed by atoms with Gasteiger partial charge in [-0.3, -0.25) is 4.57 Å². The van der Waals surface area contributed by atoms with Gasteiger partial charge in [-0.2, -0.15) is 0 Å². The Hall–Kier alpha value is -1.13. The first-order chi connectivity index (χ1) is 10.6. The van der Waals surface area contributed by atoms with Crippen molar-refractivity contribution in [3.8, 4) is 0 Å². The molecule has 0 saturated carbocycles. The molecule has 1 fully saturated rings. The van der Waals surface area contributed by atoms with E-state index >= 15 is 0 Å². The number of ether oxygens (including phenoxy) is 1. The Balaban J connectivity index is 1.80. The summed E-state index contributed by atoms with van der Waals surface area (Å²) in [6.45, 7) is 0. The van der Waals surface area contributed by atoms with E-state index in [2.05, 4.69) is 15.0 Å². The molecule has 0 bridgehead atoms. The summed E-state index contributed by atoms with van der Waals surface area (Å²) in [5, 5.41) is 20.2. The second-order valence-corrected chi connectivity index (χ2v) is 6.49. The minimum absolute atomic E-state index is 0.288. The van der Waals surface area contributed by atoms with Crippen LogP contribution in [0, 0.1) is 0 Å². The fourth-order valence-corrected chi connectivity index (χ4v) is 3.48. The molecule has 10 heteroatoms. The number of hydrogen-bond acceptors (Lipinski definition) is 8. The van der Waals surface area contributed by atoms with Crippen molar-refractivity contribution in [2.75, 3.05) is 17.4 Å². The van der Waals surface area contributed by atoms with Crippen molar-refractivity contribution in [2.45, 2.75) is 30.3 Å². The molecule has 2 aromatic heterocycles. The molecule has 0 radical (unpaired) electrons. The molecule has 4 atom stereocenters. The van der Waals surface area contributed by atoms with Crippen LogP contribution in [0.4, 0.5) is 5.82 Å². The summed E-state index contributed by atoms with van der Waals surface area (Å²) in [6, 6.07) is 0. The highest BCUT2D eigenvalue weighted by molar-refractivity contribution is 7.99. The molecule has 0 aliphatic carbocycles. The molecular weight excluding hydrogens is 330 g/mol. The highest BCUT2D eigenvalue weighted by Crippen LogP contribution is 2.35. The van der Waals surface area contributed by atoms with Crippen molar-refractivity contribution < 1.29 is 14.9 Å². The maximum atomic E-state index is 10.1. The normalized spacial score (nSPS) is 26.6. The van der Waals surface area contributed by atoms with E-state index in [0.717, 1.165) is 0 Å². The lowest BCUT2D eigenvalue weighted by atomic mass is 10.2. The number of nitrogens with two attached hydrogens (primary N) is 1. The zero-order valence-electron chi connectivity index (χ0n) is 11.5. The molecule has 120 valence electrons. The molecule has 4 N–H and O–H groups in total. The van der Waals surface area contributed by atoms with Crippen molar-refractivity contribution in [1.82, 2.24) is 19.5 Å². The van der Waals surface area contributed by atoms with Crippen molar-refractivity contribution in [3.63, 3.8) is 0 Å². The Labute approximate surface area is 135 Å². The van der Waals surface area contributed by atoms with E-state index in [9.17, 15) is 10.2 Å². The van der Waals surface area contributed by atoms with Gasteiger partial charge in [0.15, 0.2) is 11.5 Å². The first kappa shape index (κ1) is 15.8. The maximum Gasteiger partial charge on any atom is 0.167 e. The third kappa shape index (κ3) is 2.86. The average Bonchev–Trinajstić information content (AvgIpc) is 3.09. The fraction of sp³-hybridized carbons (Fsp3) is 0.583. The van der Waals surface area contributed by atoms with Crippen LogP contribution in [-0.4, -0.2) is 59.0 Å². The zero-order chi connectivity index (χ0) is 15.7. The van der Waals surface area contributed by atoms with Crippen molar-refractivity contribution in [2.24, 2.45) is 0 Å². The molecule has 22 heavy (non-hydrogen) atoms. The fourth-order valence-electron chi connectivity index (χ4n) is 2.45. The molecule has 0 spiro atoms. The van der Waals surface area contributed by atoms with E-state index in [0.29, 0.717) is 29.2 Å². The van der Waals surface area contributed by atoms with Crippen LogP contribution in [0.1, 0.15) is 12.6 Å². The van der Waals surface area contributed by atoms with Crippen LogP contribution in [-0.2, 0) is 4.74 Å². The molecule has 2 aromatic rings. The summed E-state index contributed by atoms with van der Waals surface area (Å²) in [5.41, 5.74) is 5.94. The summed E-state index contributed by atoms with van der Waals surface area (Å²) in [7, 11) is 0. The largest absolute Gasteiger partial charge is 0.390 e. The molecule has 1 aliphatic rings. The second-order valence-electron chi connectivity index (χ2n) is 4.89. The minimum atomic E-state index is -0.840. The summed E-state index contributed by atoms with van der Waals surface area (Å²) >= 11 is 6.86. The Morgan fingerprint density at radius 3 is 3.09 bits per heavy atom. The first-order valence-electron chi connectivity index (χ1n) is 6.74. The first-order valence-corrected chi connectivity index (χ1v) is 8.32. The number of hydrogen-bond donors (Lipinski definition) is 3. The van der Waals surface area contributed by atoms with Gasteiger partial charge in [-0.1, -0.05) is 0 Å². The Morgan fingerprint density at radius 1 is 1.50 bits per heavy atom. The van der Waals surface area contributed by atoms with Gasteiger partial charge in [0.1, 0.15) is 29.6 Å². The quantitative estimate of drug-likeness (QED) is 0.524. The molecule has 1 aliphatic heterocycles. The van der Waals surface area contributed by atoms with Crippen molar-refractivity contribution in [1.29, 1.82) is 0 Å². The monoisotopic (exact) mass is 345 g/mol. The van der Waals surface area contributed by atoms with E-state index in [1.54, 1.807) is 10.9 Å². The van der Waals surface area contributed by atoms with Gasteiger partial charge in [-0.05, 0) is 0 Å². The number of imidazole rings is 1. The average molecular weight is 346 g/mol. The third-order valence-corrected chi connectivity index (χ3v) is 4.94. The lowest BCUT2D eigenvalue weighted by molar-refractivity contribution is -0.0538. The van der Waals surface area contributed by atoms with Gasteiger partial charge in [0, 0.05) is 18.1 Å². The number of aliphatic hydroxyl groups is 2. The summed E-state index contributed by atoms with van der Waals surface area (Å²) in [4.78, 5) is 12.2. The van der Waals surface area contributed by atoms with Crippen LogP contribution in [0.25, 0.3) is 11.2 Å². The van der Waals surface area contributed by atoms with E-state index in [1.807, 2.05) is 0 Å². The number of nitrogen functional groups attached to an aromatic ring is 1. The smallest absolute Gasteiger partial charge is 0.167 e. The second kappa shape index (κ2) is 6.55. The topological polar surface area (TPSA) is 119 Å². The van der Waals surface area contributed by atoms with Crippen LogP contribution >= 0.6 is 23.4 Å². The van der Waals surface area contributed by atoms with Gasteiger partial charge < -0.3 is 20.7 Å². The van der Waals surface area contributed by atoms with Crippen LogP contribution in [0.15, 0.2) is 12.7 Å². The maximum absolute atomic E-state index is 10.1. The molecular formula is C12H16ClN5O3S. The van der Waals surface area contributed by atoms with Crippen LogP contribution < -0.4 is 5.73 Å². The number of alkyl halides is 1. The molecule has 1 unspecified atom stereocenters. The van der Waals surface area contributed by atoms with Gasteiger partial charge >= 0.3 is 0 Å². The zero-order valence-corrected chi connectivity index (χ0v) is 13.1. The van der Waals surface area contributed by atoms with Crippen LogP contribution in [0.5, 0.6) is 0 Å². The third-order valence-electron chi connectivity index (χ3n) is 3.48. The van der Waals surface area contributed by atoms with Gasteiger partial charge in [0.25, 0.3) is 0 Å². The Morgan fingerprint density at radius 2 is 2.32 bits per heavy atom. The molecule has 8 nitrogen and oxygen atoms in total. The number of fused-ring (bicyclic) bond motifs is 1. The molecule has 1 saturated heterocycles. The number of rotatable bonds is 5. The number of thioether (sulfide) groups is 1. The lowest BCUT2D eigenvalue weighted by Crippen LogP contribution is -2.32. The number of halogens is 1. The van der Waals surface area contributed by atoms with Crippen molar-refractivity contribution >= 4 is 40.3 Å². The molecule has 3 rings (SSSR count). The predicted octanol–water partition coefficient (Wildman–Crippen LogP) is 0.347. The molecule has 0 aromatic carbocycles. The highest BCUT2D eigenvalue weighted by Gasteiger charge is 2.40. The van der Waals surface area contributed by atoms with Crippen molar-refractivity contribution in [3.05, 3.63) is 12.7 Å². The van der Waals surface area contributed by atoms with Crippen LogP contribution in [0.2, 0.25) is 0 Å². The van der Waals surface area contributed by atoms with Gasteiger partial charge in [0.05, 0.1) is 12.4 Å². The van der Waals surface area contributed by atoms with E-state index in [4.69, 9.17) is 22.1 Å². The predicted molar refractivity (Wildman–Crippen MR) is 83.5 cm³/mol. The number of nitrogens with zero attached hydrogens (tertiary/aromatic N) is 4. The highest BCUT2D eigenvalue weighted by atomic mass is 35.5. The number of aromatic nitrogens is 4. The van der Waals surface area contributed by atoms with Crippen LogP contribution in [0.3, 0.4) is 0 Å². The van der Waals surface area contributed by atoms with E-state index < -0.39 is 23.9 Å². The van der Waals surface area contributed by atoms with E-state index in [1.165, 1.54) is 18.1 Å². The molecule has 3 heterocycles. The number of aliphatic hydroxyl groups excluding tert-OH is 2. The standard InChI is InChI=1S/C12H16ClN5O3S/c13-1-2-22-12(20)9-6(19)3-7(21-9)18-5-17-8-10(14)15-4-16-11(8)18/h4-7,9,12,19-20H,1-3H2,(H2,14,15,16)/t6-,7+,9-,12?/m0/s1. The van der Waals surface area contributed by atoms with Gasteiger partial charge in [0.2, 0.25) is 0 Å². The lowest BCUT2D eigenvalue weighted by Gasteiger charge is -2.20. The Bertz CT molecular complexity index is 657. The SMILES string of the molecule is Nc1ncnc2c1ncn2[C@H]1C[C@H](O)[C@@H](C(O)SCCCl)O1. The minimum Gasteiger partial charge on any atom is -0.390 e. The van der Waals surface area contributed by atoms with Gasteiger partial charge in [-0.25, -0.2) is 15.0 Å². The number of anilines is 1. The Kier molecular flexibility index (Phi) is 4.69. The van der Waals surface area contributed by atoms with Gasteiger partial charge in [-0.15, -0.1) is 23.4 Å². The summed E-state index contributed by atoms with van der Waals surface area (Å²) in [6.07, 6.45) is 1.30. The molecule has 0 amide bonds.